The van der Waals surface area contributed by atoms with Crippen molar-refractivity contribution in [2.75, 3.05) is 6.54 Å². The minimum Gasteiger partial charge on any atom is -0.312 e. The predicted octanol–water partition coefficient (Wildman–Crippen LogP) is 3.12. The fraction of sp³-hybridized carbons (Fsp3) is 0.571. The van der Waals surface area contributed by atoms with E-state index in [0.29, 0.717) is 17.9 Å². The van der Waals surface area contributed by atoms with Crippen LogP contribution in [0.25, 0.3) is 0 Å². The molecule has 98 valence electrons. The molecule has 4 nitrogen and oxygen atoms in total. The quantitative estimate of drug-likeness (QED) is 0.621. The van der Waals surface area contributed by atoms with E-state index in [0.717, 1.165) is 12.1 Å². The molecule has 1 saturated carbocycles. The summed E-state index contributed by atoms with van der Waals surface area (Å²) in [5.41, 5.74) is 1.41. The first-order chi connectivity index (χ1) is 8.55. The van der Waals surface area contributed by atoms with Gasteiger partial charge in [0.15, 0.2) is 0 Å². The van der Waals surface area contributed by atoms with Gasteiger partial charge in [-0.15, -0.1) is 0 Å². The van der Waals surface area contributed by atoms with Gasteiger partial charge in [-0.1, -0.05) is 32.0 Å². The van der Waals surface area contributed by atoms with Crippen LogP contribution in [0.5, 0.6) is 0 Å². The van der Waals surface area contributed by atoms with Gasteiger partial charge < -0.3 is 5.32 Å². The molecule has 1 aliphatic carbocycles. The van der Waals surface area contributed by atoms with Gasteiger partial charge in [-0.05, 0) is 24.2 Å². The molecular formula is C14H20N2O2. The molecule has 0 radical (unpaired) electrons. The molecule has 1 aliphatic rings. The summed E-state index contributed by atoms with van der Waals surface area (Å²) in [6, 6.07) is 6.93. The van der Waals surface area contributed by atoms with Gasteiger partial charge in [-0.25, -0.2) is 0 Å². The van der Waals surface area contributed by atoms with Gasteiger partial charge in [0.05, 0.1) is 4.92 Å². The summed E-state index contributed by atoms with van der Waals surface area (Å²) in [5, 5.41) is 14.3. The third kappa shape index (κ3) is 2.70. The summed E-state index contributed by atoms with van der Waals surface area (Å²) in [4.78, 5) is 10.6. The molecule has 0 aromatic heterocycles. The van der Waals surface area contributed by atoms with Crippen LogP contribution in [-0.4, -0.2) is 11.5 Å². The Balaban J connectivity index is 1.93. The Bertz CT molecular complexity index is 439. The highest BCUT2D eigenvalue weighted by molar-refractivity contribution is 5.39. The molecular weight excluding hydrogens is 228 g/mol. The monoisotopic (exact) mass is 248 g/mol. The lowest BCUT2D eigenvalue weighted by molar-refractivity contribution is -0.385. The summed E-state index contributed by atoms with van der Waals surface area (Å²) in [6.07, 6.45) is 2.54. The third-order valence-electron chi connectivity index (χ3n) is 4.10. The minimum atomic E-state index is -0.313. The van der Waals surface area contributed by atoms with Gasteiger partial charge in [0, 0.05) is 24.7 Å². The molecule has 4 heteroatoms. The Morgan fingerprint density at radius 1 is 1.39 bits per heavy atom. The van der Waals surface area contributed by atoms with Crippen LogP contribution in [0.1, 0.15) is 32.3 Å². The third-order valence-corrected chi connectivity index (χ3v) is 4.10. The molecule has 0 saturated heterocycles. The number of nitro benzene ring substituents is 1. The molecule has 0 aliphatic heterocycles. The Morgan fingerprint density at radius 2 is 2.06 bits per heavy atom. The van der Waals surface area contributed by atoms with E-state index in [4.69, 9.17) is 0 Å². The molecule has 0 atom stereocenters. The maximum Gasteiger partial charge on any atom is 0.273 e. The molecule has 2 rings (SSSR count). The first-order valence-electron chi connectivity index (χ1n) is 6.48. The zero-order valence-corrected chi connectivity index (χ0v) is 11.0. The number of rotatable bonds is 6. The first kappa shape index (κ1) is 13.0. The van der Waals surface area contributed by atoms with Gasteiger partial charge in [0.2, 0.25) is 0 Å². The second-order valence-electron chi connectivity index (χ2n) is 5.51. The molecule has 0 spiro atoms. The molecule has 18 heavy (non-hydrogen) atoms. The average molecular weight is 248 g/mol. The largest absolute Gasteiger partial charge is 0.312 e. The van der Waals surface area contributed by atoms with Crippen LogP contribution in [0.2, 0.25) is 0 Å². The molecule has 1 aromatic carbocycles. The zero-order valence-electron chi connectivity index (χ0n) is 11.0. The Labute approximate surface area is 108 Å². The lowest BCUT2D eigenvalue weighted by Gasteiger charge is -2.20. The van der Waals surface area contributed by atoms with Crippen molar-refractivity contribution in [1.29, 1.82) is 0 Å². The Morgan fingerprint density at radius 3 is 2.61 bits per heavy atom. The van der Waals surface area contributed by atoms with Crippen molar-refractivity contribution in [3.63, 3.8) is 0 Å². The van der Waals surface area contributed by atoms with E-state index >= 15 is 0 Å². The van der Waals surface area contributed by atoms with Gasteiger partial charge in [0.25, 0.3) is 5.69 Å². The summed E-state index contributed by atoms with van der Waals surface area (Å²) in [7, 11) is 0. The van der Waals surface area contributed by atoms with E-state index in [9.17, 15) is 10.1 Å². The average Bonchev–Trinajstić information content (AvgIpc) is 3.10. The molecule has 1 N–H and O–H groups in total. The van der Waals surface area contributed by atoms with E-state index in [1.165, 1.54) is 12.8 Å². The summed E-state index contributed by atoms with van der Waals surface area (Å²) in [6.45, 7) is 6.03. The van der Waals surface area contributed by atoms with Crippen molar-refractivity contribution >= 4 is 5.69 Å². The highest BCUT2D eigenvalue weighted by Gasteiger charge is 2.44. The normalized spacial score (nSPS) is 16.8. The van der Waals surface area contributed by atoms with Crippen LogP contribution in [0.15, 0.2) is 24.3 Å². The van der Waals surface area contributed by atoms with Gasteiger partial charge in [0.1, 0.15) is 0 Å². The molecule has 0 heterocycles. The molecule has 1 aromatic rings. The molecule has 1 fully saturated rings. The van der Waals surface area contributed by atoms with Crippen molar-refractivity contribution in [3.8, 4) is 0 Å². The van der Waals surface area contributed by atoms with Gasteiger partial charge in [-0.3, -0.25) is 10.1 Å². The van der Waals surface area contributed by atoms with E-state index in [-0.39, 0.29) is 10.6 Å². The van der Waals surface area contributed by atoms with Gasteiger partial charge >= 0.3 is 0 Å². The van der Waals surface area contributed by atoms with Crippen molar-refractivity contribution in [2.24, 2.45) is 11.3 Å². The van der Waals surface area contributed by atoms with Crippen LogP contribution >= 0.6 is 0 Å². The minimum absolute atomic E-state index is 0.208. The fourth-order valence-electron chi connectivity index (χ4n) is 2.40. The second-order valence-corrected chi connectivity index (χ2v) is 5.51. The van der Waals surface area contributed by atoms with Crippen LogP contribution in [0, 0.1) is 21.4 Å². The van der Waals surface area contributed by atoms with E-state index in [1.54, 1.807) is 12.1 Å². The van der Waals surface area contributed by atoms with Crippen LogP contribution in [-0.2, 0) is 6.54 Å². The maximum atomic E-state index is 10.9. The van der Waals surface area contributed by atoms with Crippen molar-refractivity contribution in [3.05, 3.63) is 39.9 Å². The van der Waals surface area contributed by atoms with E-state index in [1.807, 2.05) is 12.1 Å². The zero-order chi connectivity index (χ0) is 13.2. The van der Waals surface area contributed by atoms with E-state index < -0.39 is 0 Å². The number of benzene rings is 1. The number of para-hydroxylation sites is 1. The topological polar surface area (TPSA) is 55.2 Å². The van der Waals surface area contributed by atoms with E-state index in [2.05, 4.69) is 19.2 Å². The number of nitro groups is 1. The van der Waals surface area contributed by atoms with Crippen LogP contribution in [0.4, 0.5) is 5.69 Å². The first-order valence-corrected chi connectivity index (χ1v) is 6.48. The molecule has 0 amide bonds. The number of nitrogens with zero attached hydrogens (tertiary/aromatic N) is 1. The Hall–Kier alpha value is -1.42. The summed E-state index contributed by atoms with van der Waals surface area (Å²) in [5.74, 6) is 0.677. The summed E-state index contributed by atoms with van der Waals surface area (Å²) >= 11 is 0. The SMILES string of the molecule is CC(C)C1(CNCc2ccccc2[N+](=O)[O-])CC1. The number of hydrogen-bond donors (Lipinski definition) is 1. The second kappa shape index (κ2) is 5.06. The number of nitrogens with one attached hydrogen (secondary N) is 1. The highest BCUT2D eigenvalue weighted by atomic mass is 16.6. The standard InChI is InChI=1S/C14H20N2O2/c1-11(2)14(7-8-14)10-15-9-12-5-3-4-6-13(12)16(17)18/h3-6,11,15H,7-10H2,1-2H3. The highest BCUT2D eigenvalue weighted by Crippen LogP contribution is 2.51. The Kier molecular flexibility index (Phi) is 3.66. The molecule has 0 bridgehead atoms. The van der Waals surface area contributed by atoms with Crippen LogP contribution < -0.4 is 5.32 Å². The predicted molar refractivity (Wildman–Crippen MR) is 71.3 cm³/mol. The lowest BCUT2D eigenvalue weighted by Crippen LogP contribution is -2.27. The smallest absolute Gasteiger partial charge is 0.273 e. The summed E-state index contributed by atoms with van der Waals surface area (Å²) < 4.78 is 0. The maximum absolute atomic E-state index is 10.9. The fourth-order valence-corrected chi connectivity index (χ4v) is 2.40. The van der Waals surface area contributed by atoms with Gasteiger partial charge in [-0.2, -0.15) is 0 Å². The van der Waals surface area contributed by atoms with Crippen molar-refractivity contribution < 1.29 is 4.92 Å². The molecule has 0 unspecified atom stereocenters. The number of hydrogen-bond acceptors (Lipinski definition) is 3. The van der Waals surface area contributed by atoms with Crippen molar-refractivity contribution in [2.45, 2.75) is 33.2 Å². The van der Waals surface area contributed by atoms with Crippen LogP contribution in [0.3, 0.4) is 0 Å². The van der Waals surface area contributed by atoms with Crippen molar-refractivity contribution in [1.82, 2.24) is 5.32 Å². The lowest BCUT2D eigenvalue weighted by atomic mass is 9.92.